The minimum atomic E-state index is -1.14. The van der Waals surface area contributed by atoms with Crippen molar-refractivity contribution in [3.8, 4) is 0 Å². The van der Waals surface area contributed by atoms with Crippen LogP contribution in [0.4, 0.5) is 0 Å². The lowest BCUT2D eigenvalue weighted by molar-refractivity contribution is -0.142. The van der Waals surface area contributed by atoms with Crippen molar-refractivity contribution < 1.29 is 62.7 Å². The predicted octanol–water partition coefficient (Wildman–Crippen LogP) is 4.03. The van der Waals surface area contributed by atoms with Crippen LogP contribution in [0.3, 0.4) is 0 Å². The maximum atomic E-state index is 12.1. The van der Waals surface area contributed by atoms with Crippen LogP contribution in [0, 0.1) is 0 Å². The summed E-state index contributed by atoms with van der Waals surface area (Å²) in [6.45, 7) is 8.64. The maximum absolute atomic E-state index is 12.1. The lowest BCUT2D eigenvalue weighted by Gasteiger charge is -2.14. The standard InChI is InChI=1S/C27H50N2O8.C13H27N3O4S.CH2OS/c1-2-36-21-22-37-20-19-28-24(30)18-17-23(27(34)35)29-25(31)15-13-11-9-7-5-3-4-6-8-10-12-14-16-26(32)33;1-12(16-21)4-2-3-5-15-13(18)10-20-9-8-19-7-6-14-11-17;2-1-3/h23H,2-22H2,1H3,(H,28,30)(H,29,31)(H,32,33)(H,34,35);11-12,16,21H,2-10H2,1H3,(H,14,17)(H,15,18);1H,(H,2,3). The van der Waals surface area contributed by atoms with Gasteiger partial charge >= 0.3 is 11.9 Å². The molecule has 2 atom stereocenters. The molecule has 0 aliphatic rings. The van der Waals surface area contributed by atoms with Crippen molar-refractivity contribution in [3.63, 3.8) is 0 Å². The van der Waals surface area contributed by atoms with E-state index < -0.39 is 18.0 Å². The number of carboxylic acid groups (broad SMARTS) is 2. The molecule has 7 N–H and O–H groups in total. The Morgan fingerprint density at radius 1 is 0.590 bits per heavy atom. The third-order valence-electron chi connectivity index (χ3n) is 8.67. The molecule has 0 fully saturated rings. The molecule has 0 heterocycles. The Morgan fingerprint density at radius 2 is 1.10 bits per heavy atom. The number of rotatable bonds is 42. The van der Waals surface area contributed by atoms with Gasteiger partial charge in [0.1, 0.15) is 12.6 Å². The van der Waals surface area contributed by atoms with Gasteiger partial charge in [0.25, 0.3) is 0 Å². The minimum Gasteiger partial charge on any atom is -0.481 e. The van der Waals surface area contributed by atoms with Gasteiger partial charge in [-0.1, -0.05) is 83.4 Å². The van der Waals surface area contributed by atoms with Gasteiger partial charge in [-0.2, -0.15) is 0 Å². The van der Waals surface area contributed by atoms with Gasteiger partial charge in [0.05, 0.1) is 39.6 Å². The van der Waals surface area contributed by atoms with E-state index in [9.17, 15) is 33.9 Å². The van der Waals surface area contributed by atoms with Crippen molar-refractivity contribution in [1.29, 1.82) is 0 Å². The molecular weight excluding hydrogens is 835 g/mol. The van der Waals surface area contributed by atoms with Crippen LogP contribution in [-0.2, 0) is 52.5 Å². The summed E-state index contributed by atoms with van der Waals surface area (Å²) >= 11 is 7.10. The van der Waals surface area contributed by atoms with E-state index in [0.717, 1.165) is 64.2 Å². The first-order chi connectivity index (χ1) is 29.5. The molecule has 0 saturated carbocycles. The summed E-state index contributed by atoms with van der Waals surface area (Å²) in [4.78, 5) is 76.0. The Bertz CT molecular complexity index is 1080. The van der Waals surface area contributed by atoms with E-state index in [1.54, 1.807) is 0 Å². The number of ether oxygens (including phenoxy) is 4. The fourth-order valence-electron chi connectivity index (χ4n) is 5.34. The fraction of sp³-hybridized carbons (Fsp3) is 0.829. The summed E-state index contributed by atoms with van der Waals surface area (Å²) in [6, 6.07) is -0.688. The highest BCUT2D eigenvalue weighted by molar-refractivity contribution is 7.94. The number of thiol groups is 2. The molecule has 0 aromatic carbocycles. The average molecular weight is 914 g/mol. The van der Waals surface area contributed by atoms with E-state index in [4.69, 9.17) is 28.8 Å². The van der Waals surface area contributed by atoms with Crippen molar-refractivity contribution in [2.75, 3.05) is 72.5 Å². The summed E-state index contributed by atoms with van der Waals surface area (Å²) in [5.41, 5.74) is 0.444. The van der Waals surface area contributed by atoms with Crippen molar-refractivity contribution in [1.82, 2.24) is 26.0 Å². The SMILES string of the molecule is CC(CCCCNC(=O)COCCOCCNC=O)NS.CCOCCOCCNC(=O)CCC(NC(=O)CCCCCCCCCCCCCCC(=O)O)C(=O)O.O=CS. The molecule has 0 spiro atoms. The lowest BCUT2D eigenvalue weighted by Crippen LogP contribution is -2.41. The van der Waals surface area contributed by atoms with Crippen molar-refractivity contribution in [2.24, 2.45) is 0 Å². The number of carboxylic acids is 2. The van der Waals surface area contributed by atoms with Gasteiger partial charge < -0.3 is 50.4 Å². The van der Waals surface area contributed by atoms with E-state index in [1.165, 1.54) is 32.1 Å². The van der Waals surface area contributed by atoms with Gasteiger partial charge in [0.2, 0.25) is 24.1 Å². The Morgan fingerprint density at radius 3 is 1.62 bits per heavy atom. The minimum absolute atomic E-state index is 0.0148. The van der Waals surface area contributed by atoms with Crippen molar-refractivity contribution in [3.05, 3.63) is 0 Å². The number of hydrogen-bond acceptors (Lipinski definition) is 13. The second-order valence-corrected chi connectivity index (χ2v) is 14.5. The van der Waals surface area contributed by atoms with Crippen LogP contribution in [0.25, 0.3) is 0 Å². The van der Waals surface area contributed by atoms with E-state index in [2.05, 4.69) is 58.4 Å². The molecule has 2 unspecified atom stereocenters. The Labute approximate surface area is 375 Å². The Hall–Kier alpha value is -3.01. The summed E-state index contributed by atoms with van der Waals surface area (Å²) < 4.78 is 23.7. The van der Waals surface area contributed by atoms with Crippen molar-refractivity contribution >= 4 is 67.1 Å². The van der Waals surface area contributed by atoms with Crippen LogP contribution < -0.4 is 26.0 Å². The van der Waals surface area contributed by atoms with Crippen LogP contribution in [-0.4, -0.2) is 136 Å². The summed E-state index contributed by atoms with van der Waals surface area (Å²) in [6.07, 6.45) is 16.9. The van der Waals surface area contributed by atoms with Gasteiger partial charge in [0.15, 0.2) is 5.62 Å². The van der Waals surface area contributed by atoms with Crippen LogP contribution in [0.15, 0.2) is 0 Å². The topological polar surface area (TPSA) is 257 Å². The molecule has 0 rings (SSSR count). The molecule has 0 aromatic heterocycles. The van der Waals surface area contributed by atoms with Gasteiger partial charge in [-0.3, -0.25) is 33.5 Å². The summed E-state index contributed by atoms with van der Waals surface area (Å²) in [5.74, 6) is -2.53. The monoisotopic (exact) mass is 914 g/mol. The number of amides is 4. The predicted molar refractivity (Wildman–Crippen MR) is 241 cm³/mol. The second kappa shape index (κ2) is 51.3. The quantitative estimate of drug-likeness (QED) is 0.0238. The van der Waals surface area contributed by atoms with E-state index in [1.807, 2.05) is 6.92 Å². The van der Waals surface area contributed by atoms with Gasteiger partial charge in [0, 0.05) is 51.5 Å². The number of aliphatic carboxylic acids is 2. The molecule has 0 saturated heterocycles. The van der Waals surface area contributed by atoms with Crippen LogP contribution >= 0.6 is 25.4 Å². The highest BCUT2D eigenvalue weighted by Crippen LogP contribution is 2.13. The molecule has 0 aromatic rings. The maximum Gasteiger partial charge on any atom is 0.326 e. The zero-order valence-electron chi connectivity index (χ0n) is 36.8. The Kier molecular flexibility index (Phi) is 52.4. The lowest BCUT2D eigenvalue weighted by atomic mass is 10.0. The fourth-order valence-corrected chi connectivity index (χ4v) is 5.47. The van der Waals surface area contributed by atoms with Gasteiger partial charge in [-0.05, 0) is 46.0 Å². The van der Waals surface area contributed by atoms with Gasteiger partial charge in [-0.15, -0.1) is 12.6 Å². The molecule has 20 heteroatoms. The molecule has 358 valence electrons. The number of hydrogen-bond donors (Lipinski definition) is 9. The summed E-state index contributed by atoms with van der Waals surface area (Å²) in [5, 5.41) is 28.4. The third-order valence-corrected chi connectivity index (χ3v) is 9.11. The second-order valence-electron chi connectivity index (χ2n) is 14.0. The smallest absolute Gasteiger partial charge is 0.326 e. The van der Waals surface area contributed by atoms with Crippen LogP contribution in [0.2, 0.25) is 0 Å². The van der Waals surface area contributed by atoms with Crippen molar-refractivity contribution in [2.45, 2.75) is 148 Å². The van der Waals surface area contributed by atoms with Crippen LogP contribution in [0.5, 0.6) is 0 Å². The Balaban J connectivity index is -0.00000118. The van der Waals surface area contributed by atoms with E-state index in [-0.39, 0.29) is 50.0 Å². The molecular formula is C41H79N5O13S2. The zero-order valence-corrected chi connectivity index (χ0v) is 38.6. The first-order valence-electron chi connectivity index (χ1n) is 21.7. The van der Waals surface area contributed by atoms with Gasteiger partial charge in [-0.25, -0.2) is 4.79 Å². The normalized spacial score (nSPS) is 11.4. The first-order valence-corrected chi connectivity index (χ1v) is 22.7. The van der Waals surface area contributed by atoms with E-state index in [0.29, 0.717) is 84.0 Å². The molecule has 0 aliphatic heterocycles. The molecule has 61 heavy (non-hydrogen) atoms. The summed E-state index contributed by atoms with van der Waals surface area (Å²) in [7, 11) is 0. The molecule has 0 radical (unpaired) electrons. The van der Waals surface area contributed by atoms with E-state index >= 15 is 0 Å². The number of carbonyl (C=O) groups excluding carboxylic acids is 5. The first kappa shape index (κ1) is 62.3. The molecule has 0 aliphatic carbocycles. The molecule has 18 nitrogen and oxygen atoms in total. The highest BCUT2D eigenvalue weighted by Gasteiger charge is 2.20. The number of unbranched alkanes of at least 4 members (excludes halogenated alkanes) is 12. The molecule has 0 bridgehead atoms. The third kappa shape index (κ3) is 55.0. The number of nitrogens with one attached hydrogen (secondary N) is 5. The highest BCUT2D eigenvalue weighted by atomic mass is 32.1. The van der Waals surface area contributed by atoms with Crippen LogP contribution in [0.1, 0.15) is 136 Å². The number of carbonyl (C=O) groups is 7. The zero-order chi connectivity index (χ0) is 46.0. The largest absolute Gasteiger partial charge is 0.481 e. The molecule has 4 amide bonds. The average Bonchev–Trinajstić information content (AvgIpc) is 3.23.